The molecule has 4 rings (SSSR count). The molecule has 3 aromatic heterocycles. The Balaban J connectivity index is 2.32. The van der Waals surface area contributed by atoms with Crippen LogP contribution in [0.4, 0.5) is 0 Å². The molecule has 0 unspecified atom stereocenters. The molecular formula is C32H32N4O12. The van der Waals surface area contributed by atoms with Crippen molar-refractivity contribution in [1.29, 1.82) is 0 Å². The van der Waals surface area contributed by atoms with Gasteiger partial charge >= 0.3 is 35.8 Å². The zero-order chi connectivity index (χ0) is 35.1. The van der Waals surface area contributed by atoms with Crippen molar-refractivity contribution in [1.82, 2.24) is 19.9 Å². The number of carbonyl (C=O) groups excluding carboxylic acids is 6. The molecule has 16 nitrogen and oxygen atoms in total. The molecule has 16 heteroatoms. The van der Waals surface area contributed by atoms with Crippen molar-refractivity contribution in [3.63, 3.8) is 0 Å². The Morgan fingerprint density at radius 2 is 0.833 bits per heavy atom. The summed E-state index contributed by atoms with van der Waals surface area (Å²) < 4.78 is 31.2. The van der Waals surface area contributed by atoms with E-state index in [1.165, 1.54) is 19.1 Å². The third kappa shape index (κ3) is 6.82. The lowest BCUT2D eigenvalue weighted by atomic mass is 10.00. The van der Waals surface area contributed by atoms with Crippen LogP contribution in [0, 0.1) is 0 Å². The van der Waals surface area contributed by atoms with Crippen LogP contribution in [-0.4, -0.2) is 88.8 Å². The first-order chi connectivity index (χ1) is 23.0. The molecule has 1 aromatic carbocycles. The SMILES string of the molecule is CCOC(=O)c1cc2c3cc(C(=O)OCC)c(C(=O)OCC)nc3c3nc(C(=O)OCC)c(OC(=O)CC)nc3c2nc1C(=O)OCC. The first kappa shape index (κ1) is 35.1. The topological polar surface area (TPSA) is 209 Å². The molecule has 0 saturated heterocycles. The molecule has 0 radical (unpaired) electrons. The Hall–Kier alpha value is -5.80. The van der Waals surface area contributed by atoms with E-state index in [1.807, 2.05) is 0 Å². The summed E-state index contributed by atoms with van der Waals surface area (Å²) in [5.41, 5.74) is -2.46. The van der Waals surface area contributed by atoms with Crippen LogP contribution in [0.1, 0.15) is 100 Å². The number of aromatic nitrogens is 4. The van der Waals surface area contributed by atoms with Crippen LogP contribution in [0.25, 0.3) is 32.8 Å². The van der Waals surface area contributed by atoms with Gasteiger partial charge in [0.2, 0.25) is 5.69 Å². The summed E-state index contributed by atoms with van der Waals surface area (Å²) in [6, 6.07) is 2.54. The summed E-state index contributed by atoms with van der Waals surface area (Å²) in [7, 11) is 0. The maximum atomic E-state index is 13.1. The molecule has 0 aliphatic heterocycles. The van der Waals surface area contributed by atoms with Gasteiger partial charge in [0.15, 0.2) is 11.4 Å². The highest BCUT2D eigenvalue weighted by Crippen LogP contribution is 2.36. The van der Waals surface area contributed by atoms with E-state index >= 15 is 0 Å². The lowest BCUT2D eigenvalue weighted by molar-refractivity contribution is -0.134. The van der Waals surface area contributed by atoms with E-state index < -0.39 is 58.8 Å². The van der Waals surface area contributed by atoms with Crippen molar-refractivity contribution in [3.05, 3.63) is 40.3 Å². The summed E-state index contributed by atoms with van der Waals surface area (Å²) in [6.07, 6.45) is -0.0876. The van der Waals surface area contributed by atoms with Gasteiger partial charge in [-0.15, -0.1) is 0 Å². The molecule has 48 heavy (non-hydrogen) atoms. The van der Waals surface area contributed by atoms with Gasteiger partial charge in [-0.2, -0.15) is 0 Å². The molecule has 0 amide bonds. The lowest BCUT2D eigenvalue weighted by Gasteiger charge is -2.16. The highest BCUT2D eigenvalue weighted by Gasteiger charge is 2.30. The highest BCUT2D eigenvalue weighted by atomic mass is 16.6. The van der Waals surface area contributed by atoms with Gasteiger partial charge in [0.1, 0.15) is 16.6 Å². The summed E-state index contributed by atoms with van der Waals surface area (Å²) in [5.74, 6) is -6.04. The summed E-state index contributed by atoms with van der Waals surface area (Å²) >= 11 is 0. The van der Waals surface area contributed by atoms with Crippen molar-refractivity contribution in [2.24, 2.45) is 0 Å². The van der Waals surface area contributed by atoms with E-state index in [-0.39, 0.29) is 83.4 Å². The summed E-state index contributed by atoms with van der Waals surface area (Å²) in [6.45, 7) is 9.10. The average molecular weight is 665 g/mol. The lowest BCUT2D eigenvalue weighted by Crippen LogP contribution is -2.18. The van der Waals surface area contributed by atoms with Gasteiger partial charge in [0, 0.05) is 17.2 Å². The first-order valence-corrected chi connectivity index (χ1v) is 15.1. The molecule has 0 spiro atoms. The number of hydrogen-bond acceptors (Lipinski definition) is 16. The second-order valence-electron chi connectivity index (χ2n) is 9.57. The first-order valence-electron chi connectivity index (χ1n) is 15.1. The number of benzene rings is 1. The standard InChI is InChI=1S/C32H32N4O12/c1-7-19(37)48-27-26(32(42)47-12-6)35-24-20-15(13-17(28(38)43-8-2)22(33-20)30(40)45-10-4)16-14-18(29(39)44-9-3)23(31(41)46-11-5)34-21(16)25(24)36-27/h13-14H,7-12H2,1-6H3. The molecule has 0 fully saturated rings. The Kier molecular flexibility index (Phi) is 11.1. The number of nitrogens with zero attached hydrogens (tertiary/aromatic N) is 4. The molecule has 3 heterocycles. The maximum Gasteiger partial charge on any atom is 0.362 e. The van der Waals surface area contributed by atoms with E-state index in [2.05, 4.69) is 19.9 Å². The molecule has 252 valence electrons. The molecule has 0 aliphatic rings. The van der Waals surface area contributed by atoms with Gasteiger partial charge in [-0.3, -0.25) is 4.79 Å². The van der Waals surface area contributed by atoms with Crippen molar-refractivity contribution < 1.29 is 57.2 Å². The third-order valence-electron chi connectivity index (χ3n) is 6.54. The molecule has 0 bridgehead atoms. The monoisotopic (exact) mass is 664 g/mol. The minimum atomic E-state index is -0.995. The van der Waals surface area contributed by atoms with E-state index in [0.717, 1.165) is 0 Å². The van der Waals surface area contributed by atoms with Gasteiger partial charge in [0.05, 0.1) is 49.7 Å². The van der Waals surface area contributed by atoms with Crippen LogP contribution in [0.2, 0.25) is 0 Å². The predicted molar refractivity (Wildman–Crippen MR) is 166 cm³/mol. The Bertz CT molecular complexity index is 1920. The molecule has 0 saturated carbocycles. The van der Waals surface area contributed by atoms with Crippen LogP contribution in [0.5, 0.6) is 5.88 Å². The van der Waals surface area contributed by atoms with Crippen LogP contribution >= 0.6 is 0 Å². The number of ether oxygens (including phenoxy) is 6. The fourth-order valence-corrected chi connectivity index (χ4v) is 4.57. The third-order valence-corrected chi connectivity index (χ3v) is 6.54. The number of carbonyl (C=O) groups is 6. The Morgan fingerprint density at radius 3 is 1.23 bits per heavy atom. The summed E-state index contributed by atoms with van der Waals surface area (Å²) in [5, 5.41) is 0.178. The fraction of sp³-hybridized carbons (Fsp3) is 0.375. The van der Waals surface area contributed by atoms with Crippen molar-refractivity contribution >= 4 is 68.7 Å². The summed E-state index contributed by atoms with van der Waals surface area (Å²) in [4.78, 5) is 95.6. The van der Waals surface area contributed by atoms with E-state index in [4.69, 9.17) is 28.4 Å². The fourth-order valence-electron chi connectivity index (χ4n) is 4.57. The van der Waals surface area contributed by atoms with E-state index in [9.17, 15) is 28.8 Å². The largest absolute Gasteiger partial charge is 0.462 e. The predicted octanol–water partition coefficient (Wildman–Crippen LogP) is 3.93. The number of pyridine rings is 2. The van der Waals surface area contributed by atoms with Gasteiger partial charge < -0.3 is 28.4 Å². The van der Waals surface area contributed by atoms with Gasteiger partial charge in [-0.1, -0.05) is 6.92 Å². The van der Waals surface area contributed by atoms with E-state index in [1.54, 1.807) is 34.6 Å². The van der Waals surface area contributed by atoms with Crippen molar-refractivity contribution in [3.8, 4) is 5.88 Å². The normalized spacial score (nSPS) is 10.9. The zero-order valence-corrected chi connectivity index (χ0v) is 27.1. The number of rotatable bonds is 12. The van der Waals surface area contributed by atoms with Gasteiger partial charge in [-0.25, -0.2) is 43.9 Å². The average Bonchev–Trinajstić information content (AvgIpc) is 3.07. The zero-order valence-electron chi connectivity index (χ0n) is 27.1. The number of hydrogen-bond donors (Lipinski definition) is 0. The molecule has 4 aromatic rings. The quantitative estimate of drug-likeness (QED) is 0.119. The van der Waals surface area contributed by atoms with Crippen LogP contribution in [-0.2, 0) is 28.5 Å². The second-order valence-corrected chi connectivity index (χ2v) is 9.57. The maximum absolute atomic E-state index is 13.1. The van der Waals surface area contributed by atoms with Crippen LogP contribution < -0.4 is 4.74 Å². The van der Waals surface area contributed by atoms with E-state index in [0.29, 0.717) is 0 Å². The number of esters is 6. The minimum absolute atomic E-state index is 0.0384. The minimum Gasteiger partial charge on any atom is -0.462 e. The highest BCUT2D eigenvalue weighted by molar-refractivity contribution is 6.24. The number of fused-ring (bicyclic) bond motifs is 6. The van der Waals surface area contributed by atoms with Crippen LogP contribution in [0.3, 0.4) is 0 Å². The van der Waals surface area contributed by atoms with Crippen molar-refractivity contribution in [2.45, 2.75) is 48.0 Å². The van der Waals surface area contributed by atoms with Gasteiger partial charge in [0.25, 0.3) is 5.88 Å². The smallest absolute Gasteiger partial charge is 0.362 e. The molecule has 0 atom stereocenters. The molecule has 0 aliphatic carbocycles. The molecular weight excluding hydrogens is 632 g/mol. The molecule has 0 N–H and O–H groups in total. The Labute approximate surface area is 273 Å². The second kappa shape index (κ2) is 15.2. The Morgan fingerprint density at radius 1 is 0.479 bits per heavy atom. The van der Waals surface area contributed by atoms with Gasteiger partial charge in [-0.05, 0) is 46.8 Å². The van der Waals surface area contributed by atoms with Crippen molar-refractivity contribution in [2.75, 3.05) is 33.0 Å². The van der Waals surface area contributed by atoms with Crippen LogP contribution in [0.15, 0.2) is 12.1 Å².